The smallest absolute Gasteiger partial charge is 0.261 e. The molecule has 84 valence electrons. The number of hydrogen-bond acceptors (Lipinski definition) is 4. The zero-order chi connectivity index (χ0) is 11.5. The molecule has 0 fully saturated rings. The van der Waals surface area contributed by atoms with Gasteiger partial charge in [-0.05, 0) is 18.2 Å². The van der Waals surface area contributed by atoms with E-state index in [0.29, 0.717) is 16.7 Å². The molecule has 1 aliphatic rings. The van der Waals surface area contributed by atoms with Crippen LogP contribution >= 0.6 is 23.4 Å². The van der Waals surface area contributed by atoms with Crippen molar-refractivity contribution in [2.75, 3.05) is 12.3 Å². The van der Waals surface area contributed by atoms with Gasteiger partial charge in [-0.15, -0.1) is 0 Å². The van der Waals surface area contributed by atoms with Gasteiger partial charge in [-0.3, -0.25) is 9.79 Å². The molecular weight excluding hydrogens is 248 g/mol. The second kappa shape index (κ2) is 4.76. The highest BCUT2D eigenvalue weighted by molar-refractivity contribution is 8.14. The van der Waals surface area contributed by atoms with Gasteiger partial charge in [0.1, 0.15) is 5.75 Å². The molecule has 2 rings (SSSR count). The summed E-state index contributed by atoms with van der Waals surface area (Å²) in [6.07, 6.45) is 0. The maximum absolute atomic E-state index is 11.7. The van der Waals surface area contributed by atoms with Gasteiger partial charge in [-0.25, -0.2) is 0 Å². The minimum Gasteiger partial charge on any atom is -0.507 e. The van der Waals surface area contributed by atoms with Crippen molar-refractivity contribution in [1.29, 1.82) is 0 Å². The number of aromatic hydroxyl groups is 1. The highest BCUT2D eigenvalue weighted by atomic mass is 35.5. The summed E-state index contributed by atoms with van der Waals surface area (Å²) in [6.45, 7) is 0.710. The first-order valence-electron chi connectivity index (χ1n) is 4.64. The molecule has 16 heavy (non-hydrogen) atoms. The third-order valence-corrected chi connectivity index (χ3v) is 3.14. The van der Waals surface area contributed by atoms with E-state index in [1.807, 2.05) is 0 Å². The van der Waals surface area contributed by atoms with Crippen molar-refractivity contribution in [1.82, 2.24) is 5.32 Å². The maximum Gasteiger partial charge on any atom is 0.261 e. The van der Waals surface area contributed by atoms with Gasteiger partial charge in [0.25, 0.3) is 5.91 Å². The Kier molecular flexibility index (Phi) is 3.36. The zero-order valence-electron chi connectivity index (χ0n) is 8.24. The third kappa shape index (κ3) is 2.48. The van der Waals surface area contributed by atoms with Crippen LogP contribution < -0.4 is 5.32 Å². The number of amidine groups is 1. The van der Waals surface area contributed by atoms with Crippen LogP contribution in [0.1, 0.15) is 10.4 Å². The van der Waals surface area contributed by atoms with E-state index in [1.165, 1.54) is 30.0 Å². The van der Waals surface area contributed by atoms with Crippen LogP contribution in [0, 0.1) is 0 Å². The average Bonchev–Trinajstić information content (AvgIpc) is 2.74. The monoisotopic (exact) mass is 256 g/mol. The number of carbonyl (C=O) groups is 1. The van der Waals surface area contributed by atoms with Crippen LogP contribution in [-0.2, 0) is 0 Å². The standard InChI is InChI=1S/C10H9ClN2O2S/c11-6-1-2-8(14)7(5-6)9(15)13-10-12-3-4-16-10/h1-2,5,14H,3-4H2,(H,12,13,15). The van der Waals surface area contributed by atoms with Crippen molar-refractivity contribution >= 4 is 34.4 Å². The van der Waals surface area contributed by atoms with Crippen molar-refractivity contribution < 1.29 is 9.90 Å². The molecule has 1 aromatic carbocycles. The quantitative estimate of drug-likeness (QED) is 0.807. The Balaban J connectivity index is 2.16. The van der Waals surface area contributed by atoms with E-state index in [1.54, 1.807) is 0 Å². The first-order chi connectivity index (χ1) is 7.66. The highest BCUT2D eigenvalue weighted by Gasteiger charge is 2.15. The average molecular weight is 257 g/mol. The fourth-order valence-corrected chi connectivity index (χ4v) is 2.16. The molecule has 0 unspecified atom stereocenters. The van der Waals surface area contributed by atoms with E-state index in [9.17, 15) is 9.90 Å². The fraction of sp³-hybridized carbons (Fsp3) is 0.200. The molecule has 0 atom stereocenters. The molecule has 0 aliphatic carbocycles. The molecule has 6 heteroatoms. The normalized spacial score (nSPS) is 14.7. The van der Waals surface area contributed by atoms with Crippen molar-refractivity contribution in [3.8, 4) is 5.75 Å². The molecule has 1 heterocycles. The number of hydrogen-bond donors (Lipinski definition) is 2. The Hall–Kier alpha value is -1.20. The number of halogens is 1. The highest BCUT2D eigenvalue weighted by Crippen LogP contribution is 2.21. The zero-order valence-corrected chi connectivity index (χ0v) is 9.81. The molecular formula is C10H9ClN2O2S. The lowest BCUT2D eigenvalue weighted by Crippen LogP contribution is -2.27. The van der Waals surface area contributed by atoms with E-state index in [2.05, 4.69) is 10.3 Å². The van der Waals surface area contributed by atoms with Crippen LogP contribution in [0.25, 0.3) is 0 Å². The summed E-state index contributed by atoms with van der Waals surface area (Å²) in [5.41, 5.74) is 0.155. The number of benzene rings is 1. The molecule has 1 aromatic rings. The maximum atomic E-state index is 11.7. The lowest BCUT2D eigenvalue weighted by Gasteiger charge is -2.06. The molecule has 1 aliphatic heterocycles. The van der Waals surface area contributed by atoms with Gasteiger partial charge in [0.15, 0.2) is 5.17 Å². The van der Waals surface area contributed by atoms with Gasteiger partial charge in [0, 0.05) is 10.8 Å². The third-order valence-electron chi connectivity index (χ3n) is 2.01. The van der Waals surface area contributed by atoms with E-state index >= 15 is 0 Å². The fourth-order valence-electron chi connectivity index (χ4n) is 1.27. The lowest BCUT2D eigenvalue weighted by atomic mass is 10.2. The first kappa shape index (κ1) is 11.3. The minimum atomic E-state index is -0.395. The van der Waals surface area contributed by atoms with Crippen LogP contribution in [0.3, 0.4) is 0 Å². The Bertz CT molecular complexity index is 462. The second-order valence-electron chi connectivity index (χ2n) is 3.15. The molecule has 0 saturated carbocycles. The van der Waals surface area contributed by atoms with E-state index < -0.39 is 5.91 Å². The van der Waals surface area contributed by atoms with Crippen molar-refractivity contribution in [2.24, 2.45) is 4.99 Å². The number of amides is 1. The summed E-state index contributed by atoms with van der Waals surface area (Å²) in [6, 6.07) is 4.34. The summed E-state index contributed by atoms with van der Waals surface area (Å²) in [5.74, 6) is 0.385. The molecule has 0 aromatic heterocycles. The van der Waals surface area contributed by atoms with Crippen molar-refractivity contribution in [3.63, 3.8) is 0 Å². The van der Waals surface area contributed by atoms with Gasteiger partial charge in [0.05, 0.1) is 12.1 Å². The van der Waals surface area contributed by atoms with Gasteiger partial charge >= 0.3 is 0 Å². The molecule has 0 radical (unpaired) electrons. The summed E-state index contributed by atoms with van der Waals surface area (Å²) in [4.78, 5) is 15.8. The number of phenols is 1. The lowest BCUT2D eigenvalue weighted by molar-refractivity contribution is 0.0975. The largest absolute Gasteiger partial charge is 0.507 e. The van der Waals surface area contributed by atoms with Gasteiger partial charge in [-0.1, -0.05) is 23.4 Å². The summed E-state index contributed by atoms with van der Waals surface area (Å²) >= 11 is 7.23. The summed E-state index contributed by atoms with van der Waals surface area (Å²) < 4.78 is 0. The van der Waals surface area contributed by atoms with Crippen LogP contribution in [0.5, 0.6) is 5.75 Å². The number of nitrogens with zero attached hydrogens (tertiary/aromatic N) is 1. The number of carbonyl (C=O) groups excluding carboxylic acids is 1. The molecule has 0 spiro atoms. The van der Waals surface area contributed by atoms with Crippen LogP contribution in [0.2, 0.25) is 5.02 Å². The Morgan fingerprint density at radius 3 is 3.06 bits per heavy atom. The van der Waals surface area contributed by atoms with Crippen molar-refractivity contribution in [3.05, 3.63) is 28.8 Å². The summed E-state index contributed by atoms with van der Waals surface area (Å²) in [7, 11) is 0. The molecule has 2 N–H and O–H groups in total. The Morgan fingerprint density at radius 2 is 2.38 bits per heavy atom. The predicted octanol–water partition coefficient (Wildman–Crippen LogP) is 1.88. The van der Waals surface area contributed by atoms with Crippen molar-refractivity contribution in [2.45, 2.75) is 0 Å². The molecule has 1 amide bonds. The molecule has 4 nitrogen and oxygen atoms in total. The summed E-state index contributed by atoms with van der Waals surface area (Å²) in [5, 5.41) is 13.1. The number of rotatable bonds is 1. The van der Waals surface area contributed by atoms with Gasteiger partial charge < -0.3 is 10.4 Å². The van der Waals surface area contributed by atoms with Crippen LogP contribution in [0.15, 0.2) is 23.2 Å². The van der Waals surface area contributed by atoms with Crippen LogP contribution in [-0.4, -0.2) is 28.5 Å². The Labute approximate surface area is 102 Å². The molecule has 0 saturated heterocycles. The topological polar surface area (TPSA) is 61.7 Å². The first-order valence-corrected chi connectivity index (χ1v) is 6.00. The molecule has 0 bridgehead atoms. The SMILES string of the molecule is O=C(NC1=NCCS1)c1cc(Cl)ccc1O. The van der Waals surface area contributed by atoms with E-state index in [0.717, 1.165) is 5.75 Å². The Morgan fingerprint density at radius 1 is 1.56 bits per heavy atom. The van der Waals surface area contributed by atoms with E-state index in [4.69, 9.17) is 11.6 Å². The number of thioether (sulfide) groups is 1. The predicted molar refractivity (Wildman–Crippen MR) is 65.3 cm³/mol. The van der Waals surface area contributed by atoms with Gasteiger partial charge in [-0.2, -0.15) is 0 Å². The van der Waals surface area contributed by atoms with E-state index in [-0.39, 0.29) is 11.3 Å². The number of phenolic OH excluding ortho intramolecular Hbond substituents is 1. The number of nitrogens with one attached hydrogen (secondary N) is 1. The minimum absolute atomic E-state index is 0.0921. The number of aliphatic imine (C=N–C) groups is 1. The van der Waals surface area contributed by atoms with Crippen LogP contribution in [0.4, 0.5) is 0 Å². The van der Waals surface area contributed by atoms with Gasteiger partial charge in [0.2, 0.25) is 0 Å². The second-order valence-corrected chi connectivity index (χ2v) is 4.67.